The molecule has 138 valence electrons. The van der Waals surface area contributed by atoms with Crippen molar-refractivity contribution < 1.29 is 14.6 Å². The van der Waals surface area contributed by atoms with E-state index in [2.05, 4.69) is 13.0 Å². The summed E-state index contributed by atoms with van der Waals surface area (Å²) in [6.07, 6.45) is 10.7. The summed E-state index contributed by atoms with van der Waals surface area (Å²) in [5.41, 5.74) is 0.886. The van der Waals surface area contributed by atoms with Crippen molar-refractivity contribution in [1.29, 1.82) is 0 Å². The third-order valence-electron chi connectivity index (χ3n) is 5.40. The van der Waals surface area contributed by atoms with E-state index in [0.717, 1.165) is 40.7 Å². The fourth-order valence-electron chi connectivity index (χ4n) is 3.91. The van der Waals surface area contributed by atoms with E-state index >= 15 is 0 Å². The van der Waals surface area contributed by atoms with E-state index < -0.39 is 5.97 Å². The van der Waals surface area contributed by atoms with Crippen molar-refractivity contribution in [2.24, 2.45) is 11.8 Å². The van der Waals surface area contributed by atoms with Crippen LogP contribution in [-0.2, 0) is 4.79 Å². The minimum Gasteiger partial charge on any atom is -0.493 e. The highest BCUT2D eigenvalue weighted by Crippen LogP contribution is 2.32. The Morgan fingerprint density at radius 1 is 1.08 bits per heavy atom. The Morgan fingerprint density at radius 3 is 2.50 bits per heavy atom. The lowest BCUT2D eigenvalue weighted by atomic mass is 9.80. The number of benzene rings is 2. The van der Waals surface area contributed by atoms with Gasteiger partial charge in [-0.05, 0) is 65.3 Å². The molecule has 1 saturated carbocycles. The molecule has 0 spiro atoms. The van der Waals surface area contributed by atoms with Gasteiger partial charge in [-0.1, -0.05) is 50.8 Å². The van der Waals surface area contributed by atoms with E-state index in [1.54, 1.807) is 6.08 Å². The Balaban J connectivity index is 1.57. The highest BCUT2D eigenvalue weighted by atomic mass is 16.5. The van der Waals surface area contributed by atoms with E-state index in [0.29, 0.717) is 5.92 Å². The first-order valence-electron chi connectivity index (χ1n) is 9.71. The van der Waals surface area contributed by atoms with Gasteiger partial charge in [-0.25, -0.2) is 4.79 Å². The zero-order chi connectivity index (χ0) is 18.4. The lowest BCUT2D eigenvalue weighted by Crippen LogP contribution is -2.20. The normalized spacial score (nSPS) is 20.5. The second-order valence-electron chi connectivity index (χ2n) is 7.43. The molecule has 0 unspecified atom stereocenters. The summed E-state index contributed by atoms with van der Waals surface area (Å²) >= 11 is 0. The minimum absolute atomic E-state index is 0.683. The van der Waals surface area contributed by atoms with Gasteiger partial charge in [0.2, 0.25) is 0 Å². The van der Waals surface area contributed by atoms with Gasteiger partial charge >= 0.3 is 5.97 Å². The van der Waals surface area contributed by atoms with Gasteiger partial charge in [0.05, 0.1) is 6.61 Å². The van der Waals surface area contributed by atoms with Crippen LogP contribution < -0.4 is 4.74 Å². The number of carboxylic acids is 1. The Hall–Kier alpha value is -2.29. The zero-order valence-corrected chi connectivity index (χ0v) is 15.5. The van der Waals surface area contributed by atoms with Crippen molar-refractivity contribution in [2.45, 2.75) is 45.4 Å². The fraction of sp³-hybridized carbons (Fsp3) is 0.435. The molecule has 0 atom stereocenters. The Morgan fingerprint density at radius 2 is 1.77 bits per heavy atom. The first kappa shape index (κ1) is 18.5. The van der Waals surface area contributed by atoms with Gasteiger partial charge in [-0.2, -0.15) is 0 Å². The topological polar surface area (TPSA) is 46.5 Å². The third-order valence-corrected chi connectivity index (χ3v) is 5.40. The van der Waals surface area contributed by atoms with E-state index in [1.807, 2.05) is 30.3 Å². The molecule has 0 radical (unpaired) electrons. The Kier molecular flexibility index (Phi) is 6.32. The van der Waals surface area contributed by atoms with Crippen LogP contribution in [0.4, 0.5) is 0 Å². The van der Waals surface area contributed by atoms with Crippen LogP contribution in [0.3, 0.4) is 0 Å². The van der Waals surface area contributed by atoms with Crippen molar-refractivity contribution in [3.63, 3.8) is 0 Å². The maximum absolute atomic E-state index is 10.6. The molecule has 26 heavy (non-hydrogen) atoms. The SMILES string of the molecule is CCC[C@H]1CC[C@@H](COc2ccc3cc(/C=C/C(=O)O)ccc3c2)CC1. The van der Waals surface area contributed by atoms with Gasteiger partial charge < -0.3 is 9.84 Å². The lowest BCUT2D eigenvalue weighted by molar-refractivity contribution is -0.131. The standard InChI is InChI=1S/C23H28O3/c1-2-3-17-4-6-19(7-5-17)16-26-22-12-11-20-14-18(9-13-23(24)25)8-10-21(20)15-22/h8-15,17,19H,2-7,16H2,1H3,(H,24,25)/b13-9+/t17-,19+. The molecule has 0 heterocycles. The van der Waals surface area contributed by atoms with Crippen LogP contribution in [0.25, 0.3) is 16.8 Å². The van der Waals surface area contributed by atoms with Crippen LogP contribution in [0.1, 0.15) is 51.0 Å². The summed E-state index contributed by atoms with van der Waals surface area (Å²) in [6, 6.07) is 12.1. The van der Waals surface area contributed by atoms with E-state index in [4.69, 9.17) is 9.84 Å². The van der Waals surface area contributed by atoms with Crippen LogP contribution in [0.2, 0.25) is 0 Å². The number of aliphatic carboxylic acids is 1. The molecule has 0 aromatic heterocycles. The summed E-state index contributed by atoms with van der Waals surface area (Å²) in [5, 5.41) is 10.9. The summed E-state index contributed by atoms with van der Waals surface area (Å²) < 4.78 is 6.07. The molecule has 1 fully saturated rings. The highest BCUT2D eigenvalue weighted by molar-refractivity contribution is 5.89. The van der Waals surface area contributed by atoms with Crippen LogP contribution >= 0.6 is 0 Å². The maximum atomic E-state index is 10.6. The second kappa shape index (κ2) is 8.88. The molecule has 0 amide bonds. The predicted molar refractivity (Wildman–Crippen MR) is 106 cm³/mol. The van der Waals surface area contributed by atoms with Gasteiger partial charge in [0.1, 0.15) is 5.75 Å². The summed E-state index contributed by atoms with van der Waals surface area (Å²) in [7, 11) is 0. The first-order chi connectivity index (χ1) is 12.6. The van der Waals surface area contributed by atoms with Crippen molar-refractivity contribution in [3.05, 3.63) is 48.0 Å². The van der Waals surface area contributed by atoms with Gasteiger partial charge in [-0.15, -0.1) is 0 Å². The summed E-state index contributed by atoms with van der Waals surface area (Å²) in [6.45, 7) is 3.09. The summed E-state index contributed by atoms with van der Waals surface area (Å²) in [4.78, 5) is 10.6. The first-order valence-corrected chi connectivity index (χ1v) is 9.71. The van der Waals surface area contributed by atoms with Gasteiger partial charge in [0, 0.05) is 6.08 Å². The number of carboxylic acid groups (broad SMARTS) is 1. The lowest BCUT2D eigenvalue weighted by Gasteiger charge is -2.28. The van der Waals surface area contributed by atoms with Crippen LogP contribution in [0.15, 0.2) is 42.5 Å². The molecular weight excluding hydrogens is 324 g/mol. The molecular formula is C23H28O3. The largest absolute Gasteiger partial charge is 0.493 e. The Labute approximate surface area is 155 Å². The maximum Gasteiger partial charge on any atom is 0.328 e. The van der Waals surface area contributed by atoms with Crippen LogP contribution in [-0.4, -0.2) is 17.7 Å². The molecule has 1 aliphatic rings. The van der Waals surface area contributed by atoms with Crippen LogP contribution in [0, 0.1) is 11.8 Å². The van der Waals surface area contributed by atoms with Crippen molar-refractivity contribution >= 4 is 22.8 Å². The third kappa shape index (κ3) is 5.10. The molecule has 0 aliphatic heterocycles. The smallest absolute Gasteiger partial charge is 0.328 e. The monoisotopic (exact) mass is 352 g/mol. The molecule has 2 aromatic carbocycles. The molecule has 0 bridgehead atoms. The number of hydrogen-bond donors (Lipinski definition) is 1. The molecule has 2 aromatic rings. The van der Waals surface area contributed by atoms with Crippen LogP contribution in [0.5, 0.6) is 5.75 Å². The average molecular weight is 352 g/mol. The minimum atomic E-state index is -0.933. The van der Waals surface area contributed by atoms with Crippen molar-refractivity contribution in [2.75, 3.05) is 6.61 Å². The number of hydrogen-bond acceptors (Lipinski definition) is 2. The Bertz CT molecular complexity index is 770. The van der Waals surface area contributed by atoms with Gasteiger partial charge in [0.25, 0.3) is 0 Å². The van der Waals surface area contributed by atoms with E-state index in [1.165, 1.54) is 38.5 Å². The number of carbonyl (C=O) groups is 1. The van der Waals surface area contributed by atoms with Gasteiger partial charge in [-0.3, -0.25) is 0 Å². The van der Waals surface area contributed by atoms with E-state index in [9.17, 15) is 4.79 Å². The van der Waals surface area contributed by atoms with E-state index in [-0.39, 0.29) is 0 Å². The molecule has 3 nitrogen and oxygen atoms in total. The number of ether oxygens (including phenoxy) is 1. The quantitative estimate of drug-likeness (QED) is 0.629. The zero-order valence-electron chi connectivity index (χ0n) is 15.5. The number of rotatable bonds is 7. The average Bonchev–Trinajstić information content (AvgIpc) is 2.66. The molecule has 3 heteroatoms. The second-order valence-corrected chi connectivity index (χ2v) is 7.43. The highest BCUT2D eigenvalue weighted by Gasteiger charge is 2.20. The fourth-order valence-corrected chi connectivity index (χ4v) is 3.91. The number of fused-ring (bicyclic) bond motifs is 1. The predicted octanol–water partition coefficient (Wildman–Crippen LogP) is 5.92. The molecule has 3 rings (SSSR count). The van der Waals surface area contributed by atoms with Crippen molar-refractivity contribution in [1.82, 2.24) is 0 Å². The van der Waals surface area contributed by atoms with Gasteiger partial charge in [0.15, 0.2) is 0 Å². The summed E-state index contributed by atoms with van der Waals surface area (Å²) in [5.74, 6) is 1.60. The molecule has 1 aliphatic carbocycles. The van der Waals surface area contributed by atoms with Crippen molar-refractivity contribution in [3.8, 4) is 5.75 Å². The molecule has 0 saturated heterocycles. The molecule has 1 N–H and O–H groups in total.